The van der Waals surface area contributed by atoms with Crippen molar-refractivity contribution in [2.45, 2.75) is 6.92 Å². The molecule has 1 amide bonds. The van der Waals surface area contributed by atoms with Gasteiger partial charge in [-0.15, -0.1) is 0 Å². The maximum absolute atomic E-state index is 10.8. The summed E-state index contributed by atoms with van der Waals surface area (Å²) < 4.78 is 0. The van der Waals surface area contributed by atoms with Gasteiger partial charge in [0.25, 0.3) is 0 Å². The Morgan fingerprint density at radius 3 is 2.47 bits per heavy atom. The number of nitrogens with one attached hydrogen (secondary N) is 2. The van der Waals surface area contributed by atoms with E-state index in [1.54, 1.807) is 18.3 Å². The molecule has 86 valence electrons. The third-order valence-electron chi connectivity index (χ3n) is 1.62. The van der Waals surface area contributed by atoms with Gasteiger partial charge in [-0.05, 0) is 29.9 Å². The molecule has 0 aromatic heterocycles. The van der Waals surface area contributed by atoms with Crippen LogP contribution in [0.1, 0.15) is 12.5 Å². The average molecular weight is 302 g/mol. The standard InChI is InChI=1S/C10H12N4OS.Zn/c1-7(15)13-9-4-2-8(3-5-9)6-12-14-10(11)16;/h2-6H,1H3,(H,13,15)(H3,11,14,16);. The fraction of sp³-hybridized carbons (Fsp3) is 0.100. The zero-order valence-corrected chi connectivity index (χ0v) is 13.2. The van der Waals surface area contributed by atoms with Crippen molar-refractivity contribution in [2.75, 3.05) is 5.32 Å². The summed E-state index contributed by atoms with van der Waals surface area (Å²) in [6.45, 7) is 1.46. The number of amides is 1. The van der Waals surface area contributed by atoms with E-state index < -0.39 is 0 Å². The molecule has 0 radical (unpaired) electrons. The van der Waals surface area contributed by atoms with Crippen LogP contribution in [-0.2, 0) is 24.3 Å². The normalized spacial score (nSPS) is 9.47. The van der Waals surface area contributed by atoms with E-state index in [-0.39, 0.29) is 30.5 Å². The van der Waals surface area contributed by atoms with Gasteiger partial charge in [-0.1, -0.05) is 12.1 Å². The number of nitrogens with zero attached hydrogens (tertiary/aromatic N) is 1. The number of carbonyl (C=O) groups excluding carboxylic acids is 1. The first-order valence-corrected chi connectivity index (χ1v) is 4.95. The number of carbonyl (C=O) groups is 1. The monoisotopic (exact) mass is 300 g/mol. The number of nitrogens with two attached hydrogens (primary N) is 1. The Labute approximate surface area is 118 Å². The molecule has 5 nitrogen and oxygen atoms in total. The molecule has 1 aromatic carbocycles. The molecule has 7 heteroatoms. The molecule has 0 spiro atoms. The van der Waals surface area contributed by atoms with Crippen molar-refractivity contribution in [1.29, 1.82) is 0 Å². The molecule has 1 aromatic rings. The van der Waals surface area contributed by atoms with Gasteiger partial charge in [-0.3, -0.25) is 10.2 Å². The van der Waals surface area contributed by atoms with Crippen LogP contribution in [0.5, 0.6) is 0 Å². The molecule has 0 atom stereocenters. The fourth-order valence-electron chi connectivity index (χ4n) is 1.03. The summed E-state index contributed by atoms with van der Waals surface area (Å²) in [6.07, 6.45) is 1.58. The minimum absolute atomic E-state index is 0. The topological polar surface area (TPSA) is 79.5 Å². The SMILES string of the molecule is CC(=O)Nc1ccc(C=NNC(N)=S)cc1.[Zn]. The van der Waals surface area contributed by atoms with Crippen LogP contribution in [0.15, 0.2) is 29.4 Å². The first kappa shape index (κ1) is 15.7. The van der Waals surface area contributed by atoms with Crippen molar-refractivity contribution in [2.24, 2.45) is 10.8 Å². The minimum atomic E-state index is -0.100. The van der Waals surface area contributed by atoms with Gasteiger partial charge in [0, 0.05) is 32.1 Å². The molecule has 0 saturated carbocycles. The van der Waals surface area contributed by atoms with Crippen molar-refractivity contribution in [1.82, 2.24) is 5.43 Å². The predicted molar refractivity (Wildman–Crippen MR) is 68.3 cm³/mol. The van der Waals surface area contributed by atoms with Crippen LogP contribution in [0, 0.1) is 0 Å². The maximum Gasteiger partial charge on any atom is 0.221 e. The van der Waals surface area contributed by atoms with Crippen molar-refractivity contribution >= 4 is 35.1 Å². The second kappa shape index (κ2) is 7.87. The van der Waals surface area contributed by atoms with E-state index in [1.165, 1.54) is 6.92 Å². The minimum Gasteiger partial charge on any atom is -0.375 e. The van der Waals surface area contributed by atoms with Crippen LogP contribution >= 0.6 is 12.2 Å². The zero-order chi connectivity index (χ0) is 12.0. The van der Waals surface area contributed by atoms with Gasteiger partial charge in [-0.25, -0.2) is 0 Å². The Morgan fingerprint density at radius 1 is 1.41 bits per heavy atom. The Hall–Kier alpha value is -1.33. The summed E-state index contributed by atoms with van der Waals surface area (Å²) >= 11 is 4.58. The van der Waals surface area contributed by atoms with E-state index in [1.807, 2.05) is 12.1 Å². The van der Waals surface area contributed by atoms with Crippen LogP contribution in [0.25, 0.3) is 0 Å². The van der Waals surface area contributed by atoms with E-state index >= 15 is 0 Å². The number of hydrogen-bond acceptors (Lipinski definition) is 3. The number of anilines is 1. The molecule has 0 fully saturated rings. The fourth-order valence-corrected chi connectivity index (χ4v) is 1.08. The largest absolute Gasteiger partial charge is 0.375 e. The van der Waals surface area contributed by atoms with E-state index in [0.717, 1.165) is 11.3 Å². The number of benzene rings is 1. The summed E-state index contributed by atoms with van der Waals surface area (Å²) in [5.41, 5.74) is 9.26. The van der Waals surface area contributed by atoms with Crippen LogP contribution in [0.4, 0.5) is 5.69 Å². The predicted octanol–water partition coefficient (Wildman–Crippen LogP) is 0.810. The Kier molecular flexibility index (Phi) is 7.25. The van der Waals surface area contributed by atoms with Crippen LogP contribution in [0.2, 0.25) is 0 Å². The first-order chi connectivity index (χ1) is 7.58. The summed E-state index contributed by atoms with van der Waals surface area (Å²) in [5, 5.41) is 6.59. The number of thiocarbonyl (C=S) groups is 1. The molecule has 0 saturated heterocycles. The van der Waals surface area contributed by atoms with Crippen LogP contribution < -0.4 is 16.5 Å². The van der Waals surface area contributed by atoms with Crippen molar-refractivity contribution in [3.05, 3.63) is 29.8 Å². The maximum atomic E-state index is 10.8. The molecule has 0 bridgehead atoms. The second-order valence-corrected chi connectivity index (χ2v) is 3.48. The molecular weight excluding hydrogens is 290 g/mol. The molecule has 0 unspecified atom stereocenters. The van der Waals surface area contributed by atoms with Crippen LogP contribution in [0.3, 0.4) is 0 Å². The molecule has 4 N–H and O–H groups in total. The summed E-state index contributed by atoms with van der Waals surface area (Å²) in [6, 6.07) is 7.19. The third kappa shape index (κ3) is 6.76. The molecule has 1 rings (SSSR count). The Balaban J connectivity index is 0.00000256. The zero-order valence-electron chi connectivity index (χ0n) is 9.43. The summed E-state index contributed by atoms with van der Waals surface area (Å²) in [7, 11) is 0. The first-order valence-electron chi connectivity index (χ1n) is 4.54. The summed E-state index contributed by atoms with van der Waals surface area (Å²) in [4.78, 5) is 10.8. The van der Waals surface area contributed by atoms with Gasteiger partial charge >= 0.3 is 0 Å². The quantitative estimate of drug-likeness (QED) is 0.334. The van der Waals surface area contributed by atoms with Crippen LogP contribution in [-0.4, -0.2) is 17.2 Å². The summed E-state index contributed by atoms with van der Waals surface area (Å²) in [5.74, 6) is -0.100. The molecule has 17 heavy (non-hydrogen) atoms. The van der Waals surface area contributed by atoms with E-state index in [9.17, 15) is 4.79 Å². The van der Waals surface area contributed by atoms with Gasteiger partial charge in [0.1, 0.15) is 0 Å². The number of rotatable bonds is 3. The van der Waals surface area contributed by atoms with Gasteiger partial charge in [0.05, 0.1) is 6.21 Å². The van der Waals surface area contributed by atoms with E-state index in [2.05, 4.69) is 28.1 Å². The van der Waals surface area contributed by atoms with Gasteiger partial charge in [0.15, 0.2) is 5.11 Å². The Morgan fingerprint density at radius 2 is 2.00 bits per heavy atom. The van der Waals surface area contributed by atoms with Crippen molar-refractivity contribution in [3.63, 3.8) is 0 Å². The van der Waals surface area contributed by atoms with Gasteiger partial charge < -0.3 is 11.1 Å². The second-order valence-electron chi connectivity index (χ2n) is 3.04. The molecule has 0 heterocycles. The smallest absolute Gasteiger partial charge is 0.221 e. The van der Waals surface area contributed by atoms with E-state index in [0.29, 0.717) is 0 Å². The van der Waals surface area contributed by atoms with Crippen molar-refractivity contribution in [3.8, 4) is 0 Å². The molecule has 0 aliphatic heterocycles. The van der Waals surface area contributed by atoms with E-state index in [4.69, 9.17) is 5.73 Å². The molecule has 0 aliphatic rings. The number of hydrogen-bond donors (Lipinski definition) is 3. The molecule has 0 aliphatic carbocycles. The number of hydrazone groups is 1. The van der Waals surface area contributed by atoms with Gasteiger partial charge in [-0.2, -0.15) is 5.10 Å². The molecular formula is C10H12N4OSZn. The van der Waals surface area contributed by atoms with Gasteiger partial charge in [0.2, 0.25) is 5.91 Å². The van der Waals surface area contributed by atoms with Crippen molar-refractivity contribution < 1.29 is 24.3 Å². The Bertz CT molecular complexity index is 419. The average Bonchev–Trinajstić information content (AvgIpc) is 2.19. The third-order valence-corrected chi connectivity index (χ3v) is 1.71.